The SMILES string of the molecule is COC(=O)[C@@]1(C)[C@H](C)OC(=O)N1N. The van der Waals surface area contributed by atoms with E-state index in [-0.39, 0.29) is 0 Å². The molecule has 1 aliphatic rings. The molecule has 0 bridgehead atoms. The Labute approximate surface area is 75.5 Å². The Bertz CT molecular complexity index is 255. The van der Waals surface area contributed by atoms with Gasteiger partial charge >= 0.3 is 12.1 Å². The number of carbonyl (C=O) groups is 2. The number of nitrogens with two attached hydrogens (primary N) is 1. The van der Waals surface area contributed by atoms with Gasteiger partial charge in [0.2, 0.25) is 0 Å². The minimum absolute atomic E-state index is 0.589. The minimum atomic E-state index is -1.23. The second kappa shape index (κ2) is 2.88. The summed E-state index contributed by atoms with van der Waals surface area (Å²) in [5, 5.41) is 0.753. The summed E-state index contributed by atoms with van der Waals surface area (Å²) in [6, 6.07) is 0. The van der Waals surface area contributed by atoms with Crippen molar-refractivity contribution in [2.24, 2.45) is 5.84 Å². The lowest BCUT2D eigenvalue weighted by atomic mass is 9.97. The van der Waals surface area contributed by atoms with Crippen molar-refractivity contribution in [3.05, 3.63) is 0 Å². The number of nitrogens with zero attached hydrogens (tertiary/aromatic N) is 1. The number of cyclic esters (lactones) is 1. The topological polar surface area (TPSA) is 81.9 Å². The molecular weight excluding hydrogens is 176 g/mol. The molecule has 1 amide bonds. The van der Waals surface area contributed by atoms with Crippen LogP contribution in [0.2, 0.25) is 0 Å². The van der Waals surface area contributed by atoms with Crippen LogP contribution in [0.25, 0.3) is 0 Å². The largest absolute Gasteiger partial charge is 0.467 e. The number of hydrazine groups is 1. The Kier molecular flexibility index (Phi) is 2.17. The predicted octanol–water partition coefficient (Wildman–Crippen LogP) is -0.368. The van der Waals surface area contributed by atoms with Crippen molar-refractivity contribution in [2.75, 3.05) is 7.11 Å². The van der Waals surface area contributed by atoms with Crippen molar-refractivity contribution >= 4 is 12.1 Å². The lowest BCUT2D eigenvalue weighted by Crippen LogP contribution is -2.57. The number of ether oxygens (including phenoxy) is 2. The highest BCUT2D eigenvalue weighted by atomic mass is 16.6. The van der Waals surface area contributed by atoms with Crippen LogP contribution in [0.5, 0.6) is 0 Å². The molecule has 0 aromatic carbocycles. The van der Waals surface area contributed by atoms with Crippen molar-refractivity contribution in [3.63, 3.8) is 0 Å². The summed E-state index contributed by atoms with van der Waals surface area (Å²) in [6.07, 6.45) is -1.34. The molecule has 0 unspecified atom stereocenters. The van der Waals surface area contributed by atoms with Crippen LogP contribution < -0.4 is 5.84 Å². The number of carbonyl (C=O) groups excluding carboxylic acids is 2. The van der Waals surface area contributed by atoms with E-state index >= 15 is 0 Å². The highest BCUT2D eigenvalue weighted by Crippen LogP contribution is 2.28. The zero-order valence-corrected chi connectivity index (χ0v) is 7.73. The summed E-state index contributed by atoms with van der Waals surface area (Å²) in [7, 11) is 1.23. The van der Waals surface area contributed by atoms with Gasteiger partial charge in [0.05, 0.1) is 7.11 Å². The van der Waals surface area contributed by atoms with Gasteiger partial charge in [-0.15, -0.1) is 0 Å². The van der Waals surface area contributed by atoms with Crippen LogP contribution in [-0.2, 0) is 14.3 Å². The first-order chi connectivity index (χ1) is 5.94. The standard InChI is InChI=1S/C7H12N2O4/c1-4-7(2,5(10)12-3)9(8)6(11)13-4/h4H,8H2,1-3H3/t4-,7+/m0/s1. The first-order valence-corrected chi connectivity index (χ1v) is 3.78. The normalized spacial score (nSPS) is 33.1. The number of amides is 1. The van der Waals surface area contributed by atoms with Gasteiger partial charge in [0.15, 0.2) is 5.54 Å². The molecule has 74 valence electrons. The van der Waals surface area contributed by atoms with Crippen molar-refractivity contribution in [3.8, 4) is 0 Å². The van der Waals surface area contributed by atoms with Crippen molar-refractivity contribution in [2.45, 2.75) is 25.5 Å². The van der Waals surface area contributed by atoms with Crippen LogP contribution in [0.3, 0.4) is 0 Å². The lowest BCUT2D eigenvalue weighted by Gasteiger charge is -2.27. The molecule has 13 heavy (non-hydrogen) atoms. The summed E-state index contributed by atoms with van der Waals surface area (Å²) < 4.78 is 9.31. The van der Waals surface area contributed by atoms with Gasteiger partial charge in [-0.2, -0.15) is 0 Å². The molecule has 0 radical (unpaired) electrons. The Balaban J connectivity index is 3.00. The van der Waals surface area contributed by atoms with Crippen molar-refractivity contribution in [1.29, 1.82) is 0 Å². The molecule has 1 rings (SSSR count). The summed E-state index contributed by atoms with van der Waals surface area (Å²) in [5.74, 6) is 4.79. The Morgan fingerprint density at radius 1 is 1.77 bits per heavy atom. The van der Waals surface area contributed by atoms with E-state index in [1.807, 2.05) is 0 Å². The fourth-order valence-electron chi connectivity index (χ4n) is 1.18. The molecule has 1 aliphatic heterocycles. The van der Waals surface area contributed by atoms with E-state index in [0.717, 1.165) is 5.01 Å². The van der Waals surface area contributed by atoms with E-state index in [1.54, 1.807) is 6.92 Å². The molecule has 0 aromatic heterocycles. The van der Waals surface area contributed by atoms with Gasteiger partial charge in [0.1, 0.15) is 6.10 Å². The van der Waals surface area contributed by atoms with E-state index in [2.05, 4.69) is 4.74 Å². The number of rotatable bonds is 1. The van der Waals surface area contributed by atoms with E-state index in [9.17, 15) is 9.59 Å². The number of esters is 1. The third kappa shape index (κ3) is 1.14. The highest BCUT2D eigenvalue weighted by molar-refractivity contribution is 5.88. The molecule has 6 nitrogen and oxygen atoms in total. The van der Waals surface area contributed by atoms with Crippen LogP contribution >= 0.6 is 0 Å². The molecule has 1 fully saturated rings. The number of methoxy groups -OCH3 is 1. The average molecular weight is 188 g/mol. The lowest BCUT2D eigenvalue weighted by molar-refractivity contribution is -0.153. The Hall–Kier alpha value is -1.30. The maximum absolute atomic E-state index is 11.3. The van der Waals surface area contributed by atoms with Crippen LogP contribution in [0.4, 0.5) is 4.79 Å². The quantitative estimate of drug-likeness (QED) is 0.345. The van der Waals surface area contributed by atoms with E-state index in [0.29, 0.717) is 0 Å². The highest BCUT2D eigenvalue weighted by Gasteiger charge is 2.55. The van der Waals surface area contributed by atoms with Gasteiger partial charge in [-0.05, 0) is 13.8 Å². The molecule has 2 atom stereocenters. The first kappa shape index (κ1) is 9.79. The fraction of sp³-hybridized carbons (Fsp3) is 0.714. The number of hydrogen-bond acceptors (Lipinski definition) is 5. The maximum atomic E-state index is 11.3. The molecule has 1 saturated heterocycles. The summed E-state index contributed by atoms with van der Waals surface area (Å²) in [5.41, 5.74) is -1.23. The van der Waals surface area contributed by atoms with E-state index in [1.165, 1.54) is 14.0 Å². The average Bonchev–Trinajstić information content (AvgIpc) is 2.30. The zero-order chi connectivity index (χ0) is 10.2. The molecule has 1 heterocycles. The van der Waals surface area contributed by atoms with Crippen LogP contribution in [0.15, 0.2) is 0 Å². The van der Waals surface area contributed by atoms with Gasteiger partial charge in [0, 0.05) is 0 Å². The summed E-state index contributed by atoms with van der Waals surface area (Å²) >= 11 is 0. The van der Waals surface area contributed by atoms with Gasteiger partial charge in [0.25, 0.3) is 0 Å². The maximum Gasteiger partial charge on any atom is 0.425 e. The molecule has 0 saturated carbocycles. The minimum Gasteiger partial charge on any atom is -0.467 e. The van der Waals surface area contributed by atoms with Gasteiger partial charge in [-0.1, -0.05) is 0 Å². The smallest absolute Gasteiger partial charge is 0.425 e. The third-order valence-corrected chi connectivity index (χ3v) is 2.36. The molecular formula is C7H12N2O4. The molecule has 2 N–H and O–H groups in total. The molecule has 0 aliphatic carbocycles. The summed E-state index contributed by atoms with van der Waals surface area (Å²) in [6.45, 7) is 3.08. The second-order valence-corrected chi connectivity index (χ2v) is 3.04. The van der Waals surface area contributed by atoms with Crippen LogP contribution in [-0.4, -0.2) is 35.8 Å². The van der Waals surface area contributed by atoms with Crippen LogP contribution in [0.1, 0.15) is 13.8 Å². The monoisotopic (exact) mass is 188 g/mol. The van der Waals surface area contributed by atoms with Crippen molar-refractivity contribution < 1.29 is 19.1 Å². The van der Waals surface area contributed by atoms with Gasteiger partial charge in [-0.25, -0.2) is 20.4 Å². The molecule has 0 aromatic rings. The number of hydrogen-bond donors (Lipinski definition) is 1. The van der Waals surface area contributed by atoms with E-state index in [4.69, 9.17) is 10.6 Å². The second-order valence-electron chi connectivity index (χ2n) is 3.04. The van der Waals surface area contributed by atoms with Crippen molar-refractivity contribution in [1.82, 2.24) is 5.01 Å². The van der Waals surface area contributed by atoms with Gasteiger partial charge in [-0.3, -0.25) is 0 Å². The first-order valence-electron chi connectivity index (χ1n) is 3.78. The van der Waals surface area contributed by atoms with E-state index < -0.39 is 23.7 Å². The van der Waals surface area contributed by atoms with Gasteiger partial charge < -0.3 is 9.47 Å². The Morgan fingerprint density at radius 2 is 2.31 bits per heavy atom. The predicted molar refractivity (Wildman–Crippen MR) is 42.4 cm³/mol. The Morgan fingerprint density at radius 3 is 2.62 bits per heavy atom. The molecule has 0 spiro atoms. The summed E-state index contributed by atoms with van der Waals surface area (Å²) in [4.78, 5) is 22.3. The fourth-order valence-corrected chi connectivity index (χ4v) is 1.18. The third-order valence-electron chi connectivity index (χ3n) is 2.36. The zero-order valence-electron chi connectivity index (χ0n) is 7.73. The van der Waals surface area contributed by atoms with Crippen LogP contribution in [0, 0.1) is 0 Å². The molecule has 6 heteroatoms.